The lowest BCUT2D eigenvalue weighted by Crippen LogP contribution is -2.55. The number of piperidine rings is 1. The third-order valence-corrected chi connectivity index (χ3v) is 4.01. The molecule has 0 N–H and O–H groups in total. The lowest BCUT2D eigenvalue weighted by atomic mass is 10.00. The van der Waals surface area contributed by atoms with E-state index in [4.69, 9.17) is 6.42 Å². The lowest BCUT2D eigenvalue weighted by Gasteiger charge is -2.43. The van der Waals surface area contributed by atoms with Gasteiger partial charge < -0.3 is 4.48 Å². The van der Waals surface area contributed by atoms with Gasteiger partial charge in [-0.3, -0.25) is 0 Å². The second-order valence-corrected chi connectivity index (χ2v) is 4.52. The van der Waals surface area contributed by atoms with Crippen LogP contribution in [0.25, 0.3) is 0 Å². The minimum absolute atomic E-state index is 0.889. The Kier molecular flexibility index (Phi) is 1.88. The van der Waals surface area contributed by atoms with Gasteiger partial charge in [0.15, 0.2) is 0 Å². The minimum atomic E-state index is 0.889. The van der Waals surface area contributed by atoms with Crippen molar-refractivity contribution in [1.82, 2.24) is 0 Å². The van der Waals surface area contributed by atoms with E-state index < -0.39 is 0 Å². The van der Waals surface area contributed by atoms with Crippen LogP contribution in [0.5, 0.6) is 0 Å². The summed E-state index contributed by atoms with van der Waals surface area (Å²) in [6.45, 7) is 0.954. The highest BCUT2D eigenvalue weighted by Crippen LogP contribution is 2.40. The second kappa shape index (κ2) is 2.78. The molecule has 66 valence electrons. The Hall–Kier alpha value is -0.480. The van der Waals surface area contributed by atoms with Crippen LogP contribution in [0.4, 0.5) is 0 Å². The van der Waals surface area contributed by atoms with Crippen molar-refractivity contribution >= 4 is 0 Å². The molecular weight excluding hydrogens is 146 g/mol. The molecule has 0 radical (unpaired) electrons. The highest BCUT2D eigenvalue weighted by Gasteiger charge is 2.47. The quantitative estimate of drug-likeness (QED) is 0.409. The number of hydrogen-bond donors (Lipinski definition) is 0. The molecule has 2 unspecified atom stereocenters. The fourth-order valence-electron chi connectivity index (χ4n) is 3.20. The van der Waals surface area contributed by atoms with Gasteiger partial charge in [-0.05, 0) is 25.2 Å². The Morgan fingerprint density at radius 1 is 1.25 bits per heavy atom. The molecule has 0 aliphatic carbocycles. The maximum atomic E-state index is 5.43. The maximum absolute atomic E-state index is 5.43. The molecule has 0 spiro atoms. The Labute approximate surface area is 75.3 Å². The number of nitrogens with zero attached hydrogens (tertiary/aromatic N) is 1. The largest absolute Gasteiger partial charge is 0.311 e. The van der Waals surface area contributed by atoms with E-state index in [1.807, 2.05) is 0 Å². The number of fused-ring (bicyclic) bond motifs is 2. The van der Waals surface area contributed by atoms with Gasteiger partial charge in [0.2, 0.25) is 0 Å². The molecule has 1 nitrogen and oxygen atoms in total. The Balaban J connectivity index is 2.19. The van der Waals surface area contributed by atoms with Crippen LogP contribution in [-0.2, 0) is 0 Å². The summed E-state index contributed by atoms with van der Waals surface area (Å²) in [5.41, 5.74) is 0. The van der Waals surface area contributed by atoms with E-state index in [1.165, 1.54) is 36.6 Å². The summed E-state index contributed by atoms with van der Waals surface area (Å²) < 4.78 is 1.19. The molecule has 0 amide bonds. The fraction of sp³-hybridized carbons (Fsp3) is 0.818. The summed E-state index contributed by atoms with van der Waals surface area (Å²) in [6, 6.07) is 1.78. The monoisotopic (exact) mass is 164 g/mol. The van der Waals surface area contributed by atoms with Crippen LogP contribution < -0.4 is 0 Å². The van der Waals surface area contributed by atoms with Crippen molar-refractivity contribution in [3.8, 4) is 12.3 Å². The van der Waals surface area contributed by atoms with Crippen molar-refractivity contribution in [2.75, 3.05) is 13.6 Å². The Morgan fingerprint density at radius 3 is 2.33 bits per heavy atom. The molecule has 2 heterocycles. The van der Waals surface area contributed by atoms with Crippen molar-refractivity contribution in [3.63, 3.8) is 0 Å². The molecule has 1 heteroatoms. The van der Waals surface area contributed by atoms with Crippen LogP contribution in [0.2, 0.25) is 0 Å². The van der Waals surface area contributed by atoms with Crippen LogP contribution in [0.1, 0.15) is 32.1 Å². The molecule has 2 atom stereocenters. The molecule has 2 saturated heterocycles. The first-order valence-corrected chi connectivity index (χ1v) is 5.06. The number of rotatable bonds is 1. The predicted molar refractivity (Wildman–Crippen MR) is 50.5 cm³/mol. The fourth-order valence-corrected chi connectivity index (χ4v) is 3.20. The highest BCUT2D eigenvalue weighted by atomic mass is 15.4. The third kappa shape index (κ3) is 0.983. The Bertz CT molecular complexity index is 198. The van der Waals surface area contributed by atoms with Crippen molar-refractivity contribution < 1.29 is 4.48 Å². The molecule has 0 aromatic heterocycles. The average molecular weight is 164 g/mol. The van der Waals surface area contributed by atoms with Crippen LogP contribution >= 0.6 is 0 Å². The molecule has 0 saturated carbocycles. The summed E-state index contributed by atoms with van der Waals surface area (Å²) in [5, 5.41) is 0. The van der Waals surface area contributed by atoms with Gasteiger partial charge in [0.05, 0.1) is 19.1 Å². The second-order valence-electron chi connectivity index (χ2n) is 4.52. The van der Waals surface area contributed by atoms with Crippen molar-refractivity contribution in [3.05, 3.63) is 0 Å². The molecule has 2 aliphatic heterocycles. The van der Waals surface area contributed by atoms with Gasteiger partial charge in [0, 0.05) is 12.8 Å². The minimum Gasteiger partial charge on any atom is -0.311 e. The Morgan fingerprint density at radius 2 is 1.83 bits per heavy atom. The molecule has 2 bridgehead atoms. The van der Waals surface area contributed by atoms with E-state index >= 15 is 0 Å². The van der Waals surface area contributed by atoms with E-state index in [1.54, 1.807) is 0 Å². The molecule has 0 aromatic rings. The third-order valence-electron chi connectivity index (χ3n) is 4.01. The number of terminal acetylenes is 1. The normalized spacial score (nSPS) is 45.7. The van der Waals surface area contributed by atoms with Gasteiger partial charge in [0.1, 0.15) is 6.54 Å². The van der Waals surface area contributed by atoms with Crippen LogP contribution in [0.3, 0.4) is 0 Å². The summed E-state index contributed by atoms with van der Waals surface area (Å²) >= 11 is 0. The van der Waals surface area contributed by atoms with Crippen molar-refractivity contribution in [2.24, 2.45) is 0 Å². The zero-order valence-corrected chi connectivity index (χ0v) is 7.92. The van der Waals surface area contributed by atoms with Gasteiger partial charge in [-0.15, -0.1) is 6.42 Å². The van der Waals surface area contributed by atoms with Crippen LogP contribution in [-0.4, -0.2) is 30.2 Å². The first-order chi connectivity index (χ1) is 5.77. The molecule has 2 fully saturated rings. The maximum Gasteiger partial charge on any atom is 0.140 e. The SMILES string of the molecule is C#CC[N+]1(C)C2CCCC1CC2. The topological polar surface area (TPSA) is 0 Å². The van der Waals surface area contributed by atoms with Gasteiger partial charge >= 0.3 is 0 Å². The van der Waals surface area contributed by atoms with E-state index in [0.717, 1.165) is 18.6 Å². The number of hydrogen-bond acceptors (Lipinski definition) is 0. The van der Waals surface area contributed by atoms with Crippen molar-refractivity contribution in [1.29, 1.82) is 0 Å². The average Bonchev–Trinajstić information content (AvgIpc) is 2.26. The van der Waals surface area contributed by atoms with Crippen LogP contribution in [0.15, 0.2) is 0 Å². The first-order valence-electron chi connectivity index (χ1n) is 5.06. The van der Waals surface area contributed by atoms with E-state index in [9.17, 15) is 0 Å². The summed E-state index contributed by atoms with van der Waals surface area (Å²) in [6.07, 6.45) is 12.5. The van der Waals surface area contributed by atoms with Gasteiger partial charge in [-0.2, -0.15) is 0 Å². The van der Waals surface area contributed by atoms with Gasteiger partial charge in [-0.25, -0.2) is 0 Å². The zero-order valence-electron chi connectivity index (χ0n) is 7.92. The van der Waals surface area contributed by atoms with E-state index in [-0.39, 0.29) is 0 Å². The standard InChI is InChI=1S/C11H18N/c1-3-9-12(2)10-5-4-6-11(12)8-7-10/h1,10-11H,4-9H2,2H3/q+1. The summed E-state index contributed by atoms with van der Waals surface area (Å²) in [5.74, 6) is 2.85. The van der Waals surface area contributed by atoms with Crippen molar-refractivity contribution in [2.45, 2.75) is 44.2 Å². The summed E-state index contributed by atoms with van der Waals surface area (Å²) in [7, 11) is 2.36. The van der Waals surface area contributed by atoms with Gasteiger partial charge in [-0.1, -0.05) is 0 Å². The molecule has 12 heavy (non-hydrogen) atoms. The predicted octanol–water partition coefficient (Wildman–Crippen LogP) is 1.78. The summed E-state index contributed by atoms with van der Waals surface area (Å²) in [4.78, 5) is 0. The number of quaternary nitrogens is 1. The van der Waals surface area contributed by atoms with Crippen LogP contribution in [0, 0.1) is 12.3 Å². The molecule has 2 rings (SSSR count). The molecular formula is C11H18N+. The molecule has 0 aromatic carbocycles. The first kappa shape index (κ1) is 8.13. The smallest absolute Gasteiger partial charge is 0.140 e. The van der Waals surface area contributed by atoms with E-state index in [2.05, 4.69) is 13.0 Å². The van der Waals surface area contributed by atoms with Gasteiger partial charge in [0.25, 0.3) is 0 Å². The molecule has 2 aliphatic rings. The lowest BCUT2D eigenvalue weighted by molar-refractivity contribution is -0.941. The zero-order chi connectivity index (χ0) is 8.60. The van der Waals surface area contributed by atoms with E-state index in [0.29, 0.717) is 0 Å². The highest BCUT2D eigenvalue weighted by molar-refractivity contribution is 4.89.